The molecule has 3 aromatic heterocycles. The largest absolute Gasteiger partial charge is 0.355 e. The van der Waals surface area contributed by atoms with Crippen molar-refractivity contribution in [3.8, 4) is 0 Å². The van der Waals surface area contributed by atoms with Crippen molar-refractivity contribution in [3.05, 3.63) is 48.0 Å². The van der Waals surface area contributed by atoms with Crippen LogP contribution in [0.1, 0.15) is 44.0 Å². The molecule has 1 fully saturated rings. The molecule has 8 nitrogen and oxygen atoms in total. The number of pyridine rings is 1. The number of fused-ring (bicyclic) bond motifs is 1. The van der Waals surface area contributed by atoms with E-state index >= 15 is 0 Å². The zero-order chi connectivity index (χ0) is 19.5. The Morgan fingerprint density at radius 1 is 1.21 bits per heavy atom. The normalized spacial score (nSPS) is 15.3. The topological polar surface area (TPSA) is 88.3 Å². The van der Waals surface area contributed by atoms with Gasteiger partial charge in [0.2, 0.25) is 5.91 Å². The van der Waals surface area contributed by atoms with E-state index in [1.165, 1.54) is 0 Å². The van der Waals surface area contributed by atoms with E-state index in [4.69, 9.17) is 5.10 Å². The first kappa shape index (κ1) is 18.3. The second-order valence-corrected chi connectivity index (χ2v) is 7.51. The van der Waals surface area contributed by atoms with Crippen molar-refractivity contribution in [2.45, 2.75) is 39.2 Å². The molecule has 146 valence electrons. The Labute approximate surface area is 164 Å². The highest BCUT2D eigenvalue weighted by Crippen LogP contribution is 2.23. The zero-order valence-corrected chi connectivity index (χ0v) is 16.2. The van der Waals surface area contributed by atoms with Gasteiger partial charge in [-0.1, -0.05) is 19.9 Å². The average molecular weight is 379 g/mol. The van der Waals surface area contributed by atoms with Crippen LogP contribution in [0.5, 0.6) is 0 Å². The Hall–Kier alpha value is -3.03. The van der Waals surface area contributed by atoms with Crippen LogP contribution in [-0.2, 0) is 11.3 Å². The van der Waals surface area contributed by atoms with E-state index in [0.29, 0.717) is 6.54 Å². The van der Waals surface area contributed by atoms with Crippen LogP contribution in [0.15, 0.2) is 36.7 Å². The highest BCUT2D eigenvalue weighted by molar-refractivity contribution is 5.79. The van der Waals surface area contributed by atoms with Crippen molar-refractivity contribution in [2.24, 2.45) is 5.92 Å². The van der Waals surface area contributed by atoms with Gasteiger partial charge in [-0.15, -0.1) is 15.3 Å². The van der Waals surface area contributed by atoms with Gasteiger partial charge in [0.15, 0.2) is 11.5 Å². The number of aromatic nitrogens is 5. The van der Waals surface area contributed by atoms with E-state index in [1.807, 2.05) is 28.8 Å². The standard InChI is InChI=1S/C20H25N7O/c1-14(2)19-24-23-17-5-6-18(25-27(17)19)26-10-7-16(8-11-26)20(28)22-13-15-4-3-9-21-12-15/h3-6,9,12,14,16H,7-8,10-11,13H2,1-2H3,(H,22,28). The molecule has 0 unspecified atom stereocenters. The van der Waals surface area contributed by atoms with Gasteiger partial charge in [-0.3, -0.25) is 9.78 Å². The lowest BCUT2D eigenvalue weighted by Crippen LogP contribution is -2.40. The fourth-order valence-corrected chi connectivity index (χ4v) is 3.53. The molecule has 4 rings (SSSR count). The minimum atomic E-state index is 0.0396. The number of nitrogens with zero attached hydrogens (tertiary/aromatic N) is 6. The smallest absolute Gasteiger partial charge is 0.223 e. The van der Waals surface area contributed by atoms with Crippen LogP contribution in [-0.4, -0.2) is 43.8 Å². The zero-order valence-electron chi connectivity index (χ0n) is 16.2. The molecule has 0 spiro atoms. The Kier molecular flexibility index (Phi) is 5.18. The minimum Gasteiger partial charge on any atom is -0.355 e. The summed E-state index contributed by atoms with van der Waals surface area (Å²) in [5.74, 6) is 2.18. The molecule has 0 atom stereocenters. The highest BCUT2D eigenvalue weighted by Gasteiger charge is 2.26. The van der Waals surface area contributed by atoms with E-state index in [-0.39, 0.29) is 17.7 Å². The van der Waals surface area contributed by atoms with Crippen molar-refractivity contribution >= 4 is 17.4 Å². The van der Waals surface area contributed by atoms with Crippen molar-refractivity contribution < 1.29 is 4.79 Å². The van der Waals surface area contributed by atoms with Gasteiger partial charge in [-0.05, 0) is 36.6 Å². The third-order valence-electron chi connectivity index (χ3n) is 5.17. The lowest BCUT2D eigenvalue weighted by atomic mass is 9.96. The molecule has 0 radical (unpaired) electrons. The van der Waals surface area contributed by atoms with Gasteiger partial charge < -0.3 is 10.2 Å². The summed E-state index contributed by atoms with van der Waals surface area (Å²) < 4.78 is 1.83. The quantitative estimate of drug-likeness (QED) is 0.731. The molecule has 8 heteroatoms. The first-order valence-corrected chi connectivity index (χ1v) is 9.75. The third-order valence-corrected chi connectivity index (χ3v) is 5.17. The second-order valence-electron chi connectivity index (χ2n) is 7.51. The summed E-state index contributed by atoms with van der Waals surface area (Å²) in [6, 6.07) is 7.78. The average Bonchev–Trinajstić information content (AvgIpc) is 3.16. The molecule has 0 aromatic carbocycles. The summed E-state index contributed by atoms with van der Waals surface area (Å²) in [7, 11) is 0. The molecule has 0 aliphatic carbocycles. The molecule has 1 saturated heterocycles. The first-order chi connectivity index (χ1) is 13.6. The molecule has 1 amide bonds. The molecule has 0 saturated carbocycles. The molecular formula is C20H25N7O. The molecule has 1 aliphatic rings. The van der Waals surface area contributed by atoms with Crippen molar-refractivity contribution in [1.82, 2.24) is 30.1 Å². The Bertz CT molecular complexity index is 946. The van der Waals surface area contributed by atoms with Gasteiger partial charge >= 0.3 is 0 Å². The molecule has 1 aliphatic heterocycles. The number of carbonyl (C=O) groups excluding carboxylic acids is 1. The fourth-order valence-electron chi connectivity index (χ4n) is 3.53. The van der Waals surface area contributed by atoms with E-state index in [0.717, 1.165) is 48.8 Å². The number of nitrogens with one attached hydrogen (secondary N) is 1. The monoisotopic (exact) mass is 379 g/mol. The van der Waals surface area contributed by atoms with E-state index in [2.05, 4.69) is 39.2 Å². The number of anilines is 1. The number of hydrogen-bond acceptors (Lipinski definition) is 6. The summed E-state index contributed by atoms with van der Waals surface area (Å²) in [4.78, 5) is 18.8. The Morgan fingerprint density at radius 3 is 2.75 bits per heavy atom. The number of hydrogen-bond donors (Lipinski definition) is 1. The maximum Gasteiger partial charge on any atom is 0.223 e. The van der Waals surface area contributed by atoms with Gasteiger partial charge in [0.05, 0.1) is 0 Å². The number of amides is 1. The predicted octanol–water partition coefficient (Wildman–Crippen LogP) is 2.18. The maximum absolute atomic E-state index is 12.5. The lowest BCUT2D eigenvalue weighted by molar-refractivity contribution is -0.125. The Morgan fingerprint density at radius 2 is 2.04 bits per heavy atom. The minimum absolute atomic E-state index is 0.0396. The third kappa shape index (κ3) is 3.81. The van der Waals surface area contributed by atoms with Gasteiger partial charge in [-0.25, -0.2) is 0 Å². The number of piperidine rings is 1. The van der Waals surface area contributed by atoms with Gasteiger partial charge in [0.25, 0.3) is 0 Å². The first-order valence-electron chi connectivity index (χ1n) is 9.75. The van der Waals surface area contributed by atoms with Gasteiger partial charge in [-0.2, -0.15) is 4.52 Å². The molecule has 3 aromatic rings. The molecule has 4 heterocycles. The Balaban J connectivity index is 1.36. The van der Waals surface area contributed by atoms with Gasteiger partial charge in [0.1, 0.15) is 5.82 Å². The van der Waals surface area contributed by atoms with Crippen LogP contribution in [0.4, 0.5) is 5.82 Å². The van der Waals surface area contributed by atoms with Crippen LogP contribution in [0.25, 0.3) is 5.65 Å². The number of carbonyl (C=O) groups is 1. The van der Waals surface area contributed by atoms with Gasteiger partial charge in [0, 0.05) is 43.9 Å². The van der Waals surface area contributed by atoms with Crippen LogP contribution < -0.4 is 10.2 Å². The fraction of sp³-hybridized carbons (Fsp3) is 0.450. The van der Waals surface area contributed by atoms with E-state index < -0.39 is 0 Å². The van der Waals surface area contributed by atoms with Crippen molar-refractivity contribution in [3.63, 3.8) is 0 Å². The molecule has 28 heavy (non-hydrogen) atoms. The SMILES string of the molecule is CC(C)c1nnc2ccc(N3CCC(C(=O)NCc4cccnc4)CC3)nn12. The second kappa shape index (κ2) is 7.92. The van der Waals surface area contributed by atoms with E-state index in [9.17, 15) is 4.79 Å². The summed E-state index contributed by atoms with van der Waals surface area (Å²) >= 11 is 0. The summed E-state index contributed by atoms with van der Waals surface area (Å²) in [5, 5.41) is 16.2. The lowest BCUT2D eigenvalue weighted by Gasteiger charge is -2.32. The van der Waals surface area contributed by atoms with Crippen LogP contribution in [0.3, 0.4) is 0 Å². The summed E-state index contributed by atoms with van der Waals surface area (Å²) in [5.41, 5.74) is 1.78. The maximum atomic E-state index is 12.5. The van der Waals surface area contributed by atoms with Crippen LogP contribution in [0.2, 0.25) is 0 Å². The van der Waals surface area contributed by atoms with Crippen LogP contribution in [0, 0.1) is 5.92 Å². The van der Waals surface area contributed by atoms with E-state index in [1.54, 1.807) is 12.4 Å². The van der Waals surface area contributed by atoms with Crippen LogP contribution >= 0.6 is 0 Å². The summed E-state index contributed by atoms with van der Waals surface area (Å²) in [6.45, 7) is 6.31. The highest BCUT2D eigenvalue weighted by atomic mass is 16.1. The van der Waals surface area contributed by atoms with Crippen molar-refractivity contribution in [2.75, 3.05) is 18.0 Å². The summed E-state index contributed by atoms with van der Waals surface area (Å²) in [6.07, 6.45) is 5.15. The predicted molar refractivity (Wildman–Crippen MR) is 106 cm³/mol. The number of rotatable bonds is 5. The molecule has 1 N–H and O–H groups in total. The van der Waals surface area contributed by atoms with Crippen molar-refractivity contribution in [1.29, 1.82) is 0 Å². The molecular weight excluding hydrogens is 354 g/mol. The molecule has 0 bridgehead atoms.